The predicted octanol–water partition coefficient (Wildman–Crippen LogP) is 4.05. The molecule has 2 aliphatic carbocycles. The topological polar surface area (TPSA) is 62.5 Å². The SMILES string of the molecule is O=C(CN1CCCCC1c1nnc(C2CCC2)o1)N1CCCC2CCCCC21. The fourth-order valence-corrected chi connectivity index (χ4v) is 5.86. The normalized spacial score (nSPS) is 32.0. The predicted molar refractivity (Wildman–Crippen MR) is 106 cm³/mol. The Morgan fingerprint density at radius 2 is 1.64 bits per heavy atom. The number of nitrogens with zero attached hydrogens (tertiary/aromatic N) is 4. The summed E-state index contributed by atoms with van der Waals surface area (Å²) in [5.74, 6) is 3.09. The van der Waals surface area contributed by atoms with Gasteiger partial charge in [-0.3, -0.25) is 9.69 Å². The second kappa shape index (κ2) is 8.13. The van der Waals surface area contributed by atoms with Crippen LogP contribution >= 0.6 is 0 Å². The number of amides is 1. The van der Waals surface area contributed by atoms with E-state index in [2.05, 4.69) is 20.0 Å². The van der Waals surface area contributed by atoms with E-state index < -0.39 is 0 Å². The summed E-state index contributed by atoms with van der Waals surface area (Å²) in [6.45, 7) is 2.42. The quantitative estimate of drug-likeness (QED) is 0.781. The number of aromatic nitrogens is 2. The average Bonchev–Trinajstić information content (AvgIpc) is 3.15. The smallest absolute Gasteiger partial charge is 0.237 e. The molecule has 0 aromatic carbocycles. The minimum absolute atomic E-state index is 0.117. The molecule has 3 heterocycles. The molecular formula is C22H34N4O2. The molecule has 2 aliphatic heterocycles. The third kappa shape index (κ3) is 3.60. The molecule has 2 saturated carbocycles. The van der Waals surface area contributed by atoms with Gasteiger partial charge in [0.1, 0.15) is 0 Å². The Morgan fingerprint density at radius 3 is 2.50 bits per heavy atom. The summed E-state index contributed by atoms with van der Waals surface area (Å²) >= 11 is 0. The summed E-state index contributed by atoms with van der Waals surface area (Å²) in [5, 5.41) is 8.73. The zero-order valence-electron chi connectivity index (χ0n) is 17.0. The largest absolute Gasteiger partial charge is 0.423 e. The van der Waals surface area contributed by atoms with Crippen LogP contribution in [0.4, 0.5) is 0 Å². The molecule has 4 aliphatic rings. The van der Waals surface area contributed by atoms with Gasteiger partial charge in [0.05, 0.1) is 12.6 Å². The van der Waals surface area contributed by atoms with Gasteiger partial charge in [0.15, 0.2) is 0 Å². The summed E-state index contributed by atoms with van der Waals surface area (Å²) < 4.78 is 6.08. The van der Waals surface area contributed by atoms with Crippen LogP contribution in [0.15, 0.2) is 4.42 Å². The molecule has 154 valence electrons. The van der Waals surface area contributed by atoms with Gasteiger partial charge in [0, 0.05) is 18.5 Å². The van der Waals surface area contributed by atoms with E-state index in [0.29, 0.717) is 24.4 Å². The third-order valence-electron chi connectivity index (χ3n) is 7.71. The minimum Gasteiger partial charge on any atom is -0.423 e. The zero-order chi connectivity index (χ0) is 18.9. The van der Waals surface area contributed by atoms with E-state index in [0.717, 1.165) is 43.6 Å². The van der Waals surface area contributed by atoms with Crippen molar-refractivity contribution in [2.75, 3.05) is 19.6 Å². The van der Waals surface area contributed by atoms with Gasteiger partial charge in [-0.2, -0.15) is 0 Å². The van der Waals surface area contributed by atoms with Gasteiger partial charge in [-0.25, -0.2) is 0 Å². The Bertz CT molecular complexity index is 684. The number of carbonyl (C=O) groups excluding carboxylic acids is 1. The molecule has 28 heavy (non-hydrogen) atoms. The first-order valence-corrected chi connectivity index (χ1v) is 11.7. The average molecular weight is 387 g/mol. The maximum atomic E-state index is 13.3. The monoisotopic (exact) mass is 386 g/mol. The molecule has 0 spiro atoms. The van der Waals surface area contributed by atoms with E-state index in [4.69, 9.17) is 4.42 Å². The Kier molecular flexibility index (Phi) is 5.40. The lowest BCUT2D eigenvalue weighted by Gasteiger charge is -2.45. The van der Waals surface area contributed by atoms with Crippen LogP contribution in [0.2, 0.25) is 0 Å². The molecule has 1 aromatic rings. The minimum atomic E-state index is 0.117. The van der Waals surface area contributed by atoms with Gasteiger partial charge < -0.3 is 9.32 Å². The third-order valence-corrected chi connectivity index (χ3v) is 7.71. The van der Waals surface area contributed by atoms with Crippen LogP contribution < -0.4 is 0 Å². The molecule has 3 atom stereocenters. The molecule has 2 saturated heterocycles. The number of likely N-dealkylation sites (tertiary alicyclic amines) is 2. The first-order valence-electron chi connectivity index (χ1n) is 11.7. The number of fused-ring (bicyclic) bond motifs is 1. The molecule has 1 amide bonds. The molecule has 4 fully saturated rings. The van der Waals surface area contributed by atoms with Crippen molar-refractivity contribution >= 4 is 5.91 Å². The first-order chi connectivity index (χ1) is 13.8. The maximum absolute atomic E-state index is 13.3. The summed E-state index contributed by atoms with van der Waals surface area (Å²) in [7, 11) is 0. The van der Waals surface area contributed by atoms with Crippen LogP contribution in [0, 0.1) is 5.92 Å². The molecule has 5 rings (SSSR count). The first kappa shape index (κ1) is 18.6. The van der Waals surface area contributed by atoms with Crippen LogP contribution in [0.5, 0.6) is 0 Å². The highest BCUT2D eigenvalue weighted by Gasteiger charge is 2.38. The maximum Gasteiger partial charge on any atom is 0.237 e. The Morgan fingerprint density at radius 1 is 0.857 bits per heavy atom. The fraction of sp³-hybridized carbons (Fsp3) is 0.864. The molecule has 0 bridgehead atoms. The second-order valence-corrected chi connectivity index (χ2v) is 9.43. The zero-order valence-corrected chi connectivity index (χ0v) is 17.0. The number of carbonyl (C=O) groups is 1. The molecular weight excluding hydrogens is 352 g/mol. The number of rotatable bonds is 4. The lowest BCUT2D eigenvalue weighted by Crippen LogP contribution is -2.53. The lowest BCUT2D eigenvalue weighted by molar-refractivity contribution is -0.140. The Balaban J connectivity index is 1.27. The van der Waals surface area contributed by atoms with Gasteiger partial charge in [-0.15, -0.1) is 10.2 Å². The van der Waals surface area contributed by atoms with Gasteiger partial charge >= 0.3 is 0 Å². The van der Waals surface area contributed by atoms with Crippen LogP contribution in [0.25, 0.3) is 0 Å². The van der Waals surface area contributed by atoms with E-state index in [9.17, 15) is 4.79 Å². The molecule has 0 N–H and O–H groups in total. The van der Waals surface area contributed by atoms with E-state index in [-0.39, 0.29) is 6.04 Å². The fourth-order valence-electron chi connectivity index (χ4n) is 5.86. The van der Waals surface area contributed by atoms with E-state index in [1.807, 2.05) is 0 Å². The van der Waals surface area contributed by atoms with Crippen molar-refractivity contribution in [2.45, 2.75) is 95.1 Å². The number of hydrogen-bond donors (Lipinski definition) is 0. The van der Waals surface area contributed by atoms with Gasteiger partial charge in [0.2, 0.25) is 17.7 Å². The molecule has 0 radical (unpaired) electrons. The Labute approximate surface area is 168 Å². The highest BCUT2D eigenvalue weighted by Crippen LogP contribution is 2.38. The van der Waals surface area contributed by atoms with E-state index in [1.165, 1.54) is 64.2 Å². The van der Waals surface area contributed by atoms with Crippen molar-refractivity contribution in [1.82, 2.24) is 20.0 Å². The molecule has 1 aromatic heterocycles. The van der Waals surface area contributed by atoms with Crippen LogP contribution in [-0.2, 0) is 4.79 Å². The Hall–Kier alpha value is -1.43. The number of piperidine rings is 2. The van der Waals surface area contributed by atoms with Gasteiger partial charge in [-0.1, -0.05) is 25.7 Å². The second-order valence-electron chi connectivity index (χ2n) is 9.43. The highest BCUT2D eigenvalue weighted by atomic mass is 16.4. The molecule has 3 unspecified atom stereocenters. The van der Waals surface area contributed by atoms with Crippen molar-refractivity contribution in [3.63, 3.8) is 0 Å². The van der Waals surface area contributed by atoms with E-state index in [1.54, 1.807) is 0 Å². The van der Waals surface area contributed by atoms with Crippen LogP contribution in [0.3, 0.4) is 0 Å². The van der Waals surface area contributed by atoms with Crippen molar-refractivity contribution in [2.24, 2.45) is 5.92 Å². The molecule has 6 nitrogen and oxygen atoms in total. The van der Waals surface area contributed by atoms with E-state index >= 15 is 0 Å². The highest BCUT2D eigenvalue weighted by molar-refractivity contribution is 5.78. The van der Waals surface area contributed by atoms with Crippen molar-refractivity contribution < 1.29 is 9.21 Å². The standard InChI is InChI=1S/C22H34N4O2/c27-20(26-14-6-10-16-7-1-2-11-18(16)26)15-25-13-4-3-12-19(25)22-24-23-21(28-22)17-8-5-9-17/h16-19H,1-15H2. The molecule has 6 heteroatoms. The van der Waals surface area contributed by atoms with Gasteiger partial charge in [0.25, 0.3) is 0 Å². The lowest BCUT2D eigenvalue weighted by atomic mass is 9.78. The number of hydrogen-bond acceptors (Lipinski definition) is 5. The van der Waals surface area contributed by atoms with Crippen molar-refractivity contribution in [1.29, 1.82) is 0 Å². The summed E-state index contributed by atoms with van der Waals surface area (Å²) in [4.78, 5) is 17.8. The van der Waals surface area contributed by atoms with Crippen LogP contribution in [0.1, 0.15) is 101 Å². The summed E-state index contributed by atoms with van der Waals surface area (Å²) in [6, 6.07) is 0.609. The van der Waals surface area contributed by atoms with Gasteiger partial charge in [-0.05, 0) is 63.8 Å². The van der Waals surface area contributed by atoms with Crippen LogP contribution in [-0.4, -0.2) is 51.6 Å². The summed E-state index contributed by atoms with van der Waals surface area (Å²) in [5.41, 5.74) is 0. The van der Waals surface area contributed by atoms with Crippen molar-refractivity contribution in [3.05, 3.63) is 11.8 Å². The van der Waals surface area contributed by atoms with Crippen molar-refractivity contribution in [3.8, 4) is 0 Å². The summed E-state index contributed by atoms with van der Waals surface area (Å²) in [6.07, 6.45) is 14.6.